The molecule has 0 bridgehead atoms. The summed E-state index contributed by atoms with van der Waals surface area (Å²) in [6.07, 6.45) is 0.218. The molecule has 6 nitrogen and oxygen atoms in total. The largest absolute Gasteiger partial charge is 0.478 e. The van der Waals surface area contributed by atoms with E-state index in [1.165, 1.54) is 12.1 Å². The van der Waals surface area contributed by atoms with Crippen LogP contribution in [0.25, 0.3) is 11.1 Å². The van der Waals surface area contributed by atoms with Crippen LogP contribution in [0.15, 0.2) is 22.6 Å². The summed E-state index contributed by atoms with van der Waals surface area (Å²) in [6.45, 7) is 4.42. The molecule has 1 aromatic carbocycles. The number of anilines is 1. The molecule has 0 radical (unpaired) electrons. The molecule has 1 unspecified atom stereocenters. The monoisotopic (exact) mass is 278 g/mol. The van der Waals surface area contributed by atoms with Gasteiger partial charge in [-0.3, -0.25) is 0 Å². The Morgan fingerprint density at radius 3 is 2.85 bits per heavy atom. The maximum absolute atomic E-state index is 10.9. The van der Waals surface area contributed by atoms with E-state index in [1.54, 1.807) is 6.07 Å². The maximum atomic E-state index is 10.9. The normalized spacial score (nSPS) is 12.8. The Bertz CT molecular complexity index is 606. The van der Waals surface area contributed by atoms with Crippen LogP contribution in [0.4, 0.5) is 6.01 Å². The molecule has 0 saturated heterocycles. The summed E-state index contributed by atoms with van der Waals surface area (Å²) in [7, 11) is 0. The molecule has 20 heavy (non-hydrogen) atoms. The molecule has 108 valence electrons. The lowest BCUT2D eigenvalue weighted by atomic mass is 10.1. The molecule has 0 spiro atoms. The van der Waals surface area contributed by atoms with Crippen molar-refractivity contribution >= 4 is 23.1 Å². The van der Waals surface area contributed by atoms with Gasteiger partial charge in [-0.15, -0.1) is 0 Å². The minimum absolute atomic E-state index is 0.153. The second-order valence-corrected chi connectivity index (χ2v) is 5.17. The average molecular weight is 278 g/mol. The van der Waals surface area contributed by atoms with E-state index in [-0.39, 0.29) is 11.6 Å². The minimum atomic E-state index is -1.01. The van der Waals surface area contributed by atoms with E-state index in [9.17, 15) is 9.90 Å². The number of aliphatic hydroxyl groups is 1. The molecule has 0 saturated carbocycles. The van der Waals surface area contributed by atoms with E-state index in [0.717, 1.165) is 0 Å². The van der Waals surface area contributed by atoms with Crippen molar-refractivity contribution in [2.45, 2.75) is 26.4 Å². The molecule has 2 aromatic rings. The molecule has 0 amide bonds. The fourth-order valence-electron chi connectivity index (χ4n) is 1.97. The lowest BCUT2D eigenvalue weighted by Gasteiger charge is -2.12. The number of oxazole rings is 1. The zero-order valence-corrected chi connectivity index (χ0v) is 11.5. The van der Waals surface area contributed by atoms with Crippen LogP contribution in [-0.2, 0) is 0 Å². The quantitative estimate of drug-likeness (QED) is 0.750. The fraction of sp³-hybridized carbons (Fsp3) is 0.429. The van der Waals surface area contributed by atoms with E-state index in [1.807, 2.05) is 13.8 Å². The van der Waals surface area contributed by atoms with E-state index in [0.29, 0.717) is 30.0 Å². The molecule has 0 aliphatic carbocycles. The third-order valence-corrected chi connectivity index (χ3v) is 2.87. The lowest BCUT2D eigenvalue weighted by molar-refractivity contribution is 0.0697. The smallest absolute Gasteiger partial charge is 0.335 e. The zero-order chi connectivity index (χ0) is 14.7. The first-order valence-corrected chi connectivity index (χ1v) is 6.51. The zero-order valence-electron chi connectivity index (χ0n) is 11.5. The first kappa shape index (κ1) is 14.3. The van der Waals surface area contributed by atoms with Crippen LogP contribution in [-0.4, -0.2) is 33.8 Å². The molecule has 1 aromatic heterocycles. The second kappa shape index (κ2) is 5.92. The molecule has 1 atom stereocenters. The molecular weight excluding hydrogens is 260 g/mol. The van der Waals surface area contributed by atoms with Crippen LogP contribution >= 0.6 is 0 Å². The minimum Gasteiger partial charge on any atom is -0.478 e. The summed E-state index contributed by atoms with van der Waals surface area (Å²) in [5.74, 6) is -0.598. The van der Waals surface area contributed by atoms with Gasteiger partial charge in [0.25, 0.3) is 6.01 Å². The predicted molar refractivity (Wildman–Crippen MR) is 74.9 cm³/mol. The number of fused-ring (bicyclic) bond motifs is 1. The van der Waals surface area contributed by atoms with Gasteiger partial charge in [0.15, 0.2) is 5.58 Å². The second-order valence-electron chi connectivity index (χ2n) is 5.17. The highest BCUT2D eigenvalue weighted by Crippen LogP contribution is 2.20. The summed E-state index contributed by atoms with van der Waals surface area (Å²) in [5.41, 5.74) is 1.14. The topological polar surface area (TPSA) is 95.6 Å². The molecule has 0 aliphatic rings. The number of aliphatic hydroxyl groups excluding tert-OH is 1. The van der Waals surface area contributed by atoms with Gasteiger partial charge in [-0.1, -0.05) is 13.8 Å². The van der Waals surface area contributed by atoms with Crippen molar-refractivity contribution < 1.29 is 19.4 Å². The van der Waals surface area contributed by atoms with Crippen LogP contribution in [0.3, 0.4) is 0 Å². The van der Waals surface area contributed by atoms with E-state index >= 15 is 0 Å². The Labute approximate surface area is 116 Å². The van der Waals surface area contributed by atoms with Crippen molar-refractivity contribution in [1.82, 2.24) is 4.98 Å². The lowest BCUT2D eigenvalue weighted by Crippen LogP contribution is -2.21. The van der Waals surface area contributed by atoms with E-state index in [4.69, 9.17) is 9.52 Å². The van der Waals surface area contributed by atoms with Crippen LogP contribution < -0.4 is 5.32 Å². The standard InChI is InChI=1S/C14H18N2O4/c1-8(2)5-10(17)7-15-14-16-11-4-3-9(13(18)19)6-12(11)20-14/h3-4,6,8,10,17H,5,7H2,1-2H3,(H,15,16)(H,18,19). The number of aromatic carboxylic acids is 1. The van der Waals surface area contributed by atoms with Crippen molar-refractivity contribution in [3.05, 3.63) is 23.8 Å². The Morgan fingerprint density at radius 1 is 1.45 bits per heavy atom. The summed E-state index contributed by atoms with van der Waals surface area (Å²) < 4.78 is 5.42. The number of benzene rings is 1. The SMILES string of the molecule is CC(C)CC(O)CNc1nc2ccc(C(=O)O)cc2o1. The van der Waals surface area contributed by atoms with Gasteiger partial charge in [-0.05, 0) is 30.5 Å². The number of hydrogen-bond acceptors (Lipinski definition) is 5. The Kier molecular flexibility index (Phi) is 4.24. The van der Waals surface area contributed by atoms with Gasteiger partial charge in [0.05, 0.1) is 11.7 Å². The van der Waals surface area contributed by atoms with Crippen molar-refractivity contribution in [2.75, 3.05) is 11.9 Å². The molecule has 3 N–H and O–H groups in total. The van der Waals surface area contributed by atoms with Gasteiger partial charge in [-0.2, -0.15) is 4.98 Å². The molecule has 2 rings (SSSR count). The van der Waals surface area contributed by atoms with Crippen molar-refractivity contribution in [1.29, 1.82) is 0 Å². The van der Waals surface area contributed by atoms with Crippen LogP contribution in [0.1, 0.15) is 30.6 Å². The number of carboxylic acid groups (broad SMARTS) is 1. The highest BCUT2D eigenvalue weighted by atomic mass is 16.4. The number of carboxylic acids is 1. The van der Waals surface area contributed by atoms with Crippen LogP contribution in [0, 0.1) is 5.92 Å². The van der Waals surface area contributed by atoms with Crippen LogP contribution in [0.2, 0.25) is 0 Å². The number of hydrogen-bond donors (Lipinski definition) is 3. The first-order valence-electron chi connectivity index (χ1n) is 6.51. The van der Waals surface area contributed by atoms with Crippen molar-refractivity contribution in [2.24, 2.45) is 5.92 Å². The number of nitrogens with zero attached hydrogens (tertiary/aromatic N) is 1. The Balaban J connectivity index is 2.06. The number of aromatic nitrogens is 1. The molecule has 0 aliphatic heterocycles. The third kappa shape index (κ3) is 3.48. The molecular formula is C14H18N2O4. The Hall–Kier alpha value is -2.08. The highest BCUT2D eigenvalue weighted by Gasteiger charge is 2.11. The number of carbonyl (C=O) groups is 1. The van der Waals surface area contributed by atoms with Gasteiger partial charge >= 0.3 is 5.97 Å². The fourth-order valence-corrected chi connectivity index (χ4v) is 1.97. The van der Waals surface area contributed by atoms with Crippen molar-refractivity contribution in [3.63, 3.8) is 0 Å². The molecule has 1 heterocycles. The van der Waals surface area contributed by atoms with Crippen molar-refractivity contribution in [3.8, 4) is 0 Å². The maximum Gasteiger partial charge on any atom is 0.335 e. The van der Waals surface area contributed by atoms with Gasteiger partial charge < -0.3 is 19.9 Å². The third-order valence-electron chi connectivity index (χ3n) is 2.87. The summed E-state index contributed by atoms with van der Waals surface area (Å²) >= 11 is 0. The number of rotatable bonds is 6. The first-order chi connectivity index (χ1) is 9.45. The van der Waals surface area contributed by atoms with E-state index < -0.39 is 12.1 Å². The van der Waals surface area contributed by atoms with Gasteiger partial charge in [0, 0.05) is 6.54 Å². The van der Waals surface area contributed by atoms with Gasteiger partial charge in [0.1, 0.15) is 5.52 Å². The average Bonchev–Trinajstić information content (AvgIpc) is 2.77. The summed E-state index contributed by atoms with van der Waals surface area (Å²) in [6, 6.07) is 4.79. The predicted octanol–water partition coefficient (Wildman–Crippen LogP) is 2.34. The van der Waals surface area contributed by atoms with Crippen LogP contribution in [0.5, 0.6) is 0 Å². The van der Waals surface area contributed by atoms with Gasteiger partial charge in [-0.25, -0.2) is 4.79 Å². The summed E-state index contributed by atoms with van der Waals surface area (Å²) in [5, 5.41) is 21.6. The highest BCUT2D eigenvalue weighted by molar-refractivity contribution is 5.92. The molecule has 6 heteroatoms. The summed E-state index contributed by atoms with van der Waals surface area (Å²) in [4.78, 5) is 15.0. The molecule has 0 fully saturated rings. The van der Waals surface area contributed by atoms with E-state index in [2.05, 4.69) is 10.3 Å². The number of nitrogens with one attached hydrogen (secondary N) is 1. The Morgan fingerprint density at radius 2 is 2.20 bits per heavy atom. The van der Waals surface area contributed by atoms with Gasteiger partial charge in [0.2, 0.25) is 0 Å².